The van der Waals surface area contributed by atoms with Gasteiger partial charge in [-0.3, -0.25) is 4.99 Å². The van der Waals surface area contributed by atoms with Gasteiger partial charge in [-0.15, -0.1) is 0 Å². The third-order valence-electron chi connectivity index (χ3n) is 5.03. The van der Waals surface area contributed by atoms with E-state index in [0.717, 1.165) is 43.0 Å². The Labute approximate surface area is 178 Å². The van der Waals surface area contributed by atoms with Crippen molar-refractivity contribution < 1.29 is 9.53 Å². The van der Waals surface area contributed by atoms with Gasteiger partial charge in [0.1, 0.15) is 0 Å². The number of hydrogen-bond acceptors (Lipinski definition) is 4. The van der Waals surface area contributed by atoms with Crippen LogP contribution in [0.3, 0.4) is 0 Å². The first-order valence-corrected chi connectivity index (χ1v) is 10.7. The fourth-order valence-electron chi connectivity index (χ4n) is 3.44. The molecule has 8 nitrogen and oxygen atoms in total. The van der Waals surface area contributed by atoms with Gasteiger partial charge in [0.15, 0.2) is 5.96 Å². The molecule has 162 valence electrons. The van der Waals surface area contributed by atoms with Crippen molar-refractivity contribution in [3.8, 4) is 5.69 Å². The first-order chi connectivity index (χ1) is 14.7. The smallest absolute Gasteiger partial charge is 0.409 e. The molecule has 1 aromatic carbocycles. The first kappa shape index (κ1) is 21.7. The highest BCUT2D eigenvalue weighted by atomic mass is 16.6. The molecule has 0 spiro atoms. The van der Waals surface area contributed by atoms with Crippen LogP contribution in [0.25, 0.3) is 5.69 Å². The lowest BCUT2D eigenvalue weighted by molar-refractivity contribution is 0.0963. The zero-order valence-corrected chi connectivity index (χ0v) is 17.9. The molecule has 2 aromatic rings. The summed E-state index contributed by atoms with van der Waals surface area (Å²) < 4.78 is 6.97. The molecule has 8 heteroatoms. The third kappa shape index (κ3) is 6.23. The molecule has 1 saturated heterocycles. The van der Waals surface area contributed by atoms with Gasteiger partial charge in [-0.2, -0.15) is 5.10 Å². The zero-order valence-electron chi connectivity index (χ0n) is 17.9. The Balaban J connectivity index is 1.48. The summed E-state index contributed by atoms with van der Waals surface area (Å²) in [4.78, 5) is 18.3. The number of amides is 1. The largest absolute Gasteiger partial charge is 0.450 e. The van der Waals surface area contributed by atoms with Crippen LogP contribution in [-0.4, -0.2) is 65.6 Å². The van der Waals surface area contributed by atoms with Gasteiger partial charge in [0.25, 0.3) is 0 Å². The number of likely N-dealkylation sites (tertiary alicyclic amines) is 1. The van der Waals surface area contributed by atoms with Crippen LogP contribution >= 0.6 is 0 Å². The van der Waals surface area contributed by atoms with E-state index in [1.165, 1.54) is 0 Å². The van der Waals surface area contributed by atoms with Crippen LogP contribution in [-0.2, 0) is 11.2 Å². The van der Waals surface area contributed by atoms with Crippen molar-refractivity contribution in [2.75, 3.05) is 32.8 Å². The van der Waals surface area contributed by atoms with Crippen molar-refractivity contribution >= 4 is 12.1 Å². The number of nitrogens with zero attached hydrogens (tertiary/aromatic N) is 4. The van der Waals surface area contributed by atoms with Crippen molar-refractivity contribution in [2.24, 2.45) is 4.99 Å². The second-order valence-corrected chi connectivity index (χ2v) is 7.24. The number of carbonyl (C=O) groups excluding carboxylic acids is 1. The molecule has 1 fully saturated rings. The van der Waals surface area contributed by atoms with Gasteiger partial charge >= 0.3 is 6.09 Å². The number of nitrogens with one attached hydrogen (secondary N) is 2. The van der Waals surface area contributed by atoms with Gasteiger partial charge < -0.3 is 20.3 Å². The number of benzene rings is 1. The molecule has 30 heavy (non-hydrogen) atoms. The van der Waals surface area contributed by atoms with Crippen LogP contribution < -0.4 is 10.6 Å². The lowest BCUT2D eigenvalue weighted by Crippen LogP contribution is -2.50. The molecule has 0 unspecified atom stereocenters. The molecule has 0 atom stereocenters. The summed E-state index contributed by atoms with van der Waals surface area (Å²) in [5.41, 5.74) is 2.21. The Morgan fingerprint density at radius 2 is 2.00 bits per heavy atom. The average Bonchev–Trinajstić information content (AvgIpc) is 3.24. The molecule has 1 amide bonds. The number of aromatic nitrogens is 2. The zero-order chi connectivity index (χ0) is 21.2. The van der Waals surface area contributed by atoms with Gasteiger partial charge in [-0.25, -0.2) is 9.48 Å². The van der Waals surface area contributed by atoms with E-state index >= 15 is 0 Å². The minimum atomic E-state index is -0.215. The van der Waals surface area contributed by atoms with E-state index in [-0.39, 0.29) is 6.09 Å². The summed E-state index contributed by atoms with van der Waals surface area (Å²) in [5.74, 6) is 0.822. The summed E-state index contributed by atoms with van der Waals surface area (Å²) in [6.07, 6.45) is 6.32. The van der Waals surface area contributed by atoms with Crippen molar-refractivity contribution in [3.63, 3.8) is 0 Å². The summed E-state index contributed by atoms with van der Waals surface area (Å²) in [6, 6.07) is 10.4. The van der Waals surface area contributed by atoms with Gasteiger partial charge in [0, 0.05) is 38.4 Å². The highest BCUT2D eigenvalue weighted by molar-refractivity contribution is 5.80. The Morgan fingerprint density at radius 3 is 2.70 bits per heavy atom. The topological polar surface area (TPSA) is 83.8 Å². The standard InChI is InChI=1S/C22H32N6O2/c1-3-23-21(26-19-11-14-27(15-12-19)22(29)30-4-2)24-13-10-18-16-25-28(17-18)20-8-6-5-7-9-20/h5-9,16-17,19H,3-4,10-15H2,1-2H3,(H2,23,24,26). The number of guanidine groups is 1. The summed E-state index contributed by atoms with van der Waals surface area (Å²) in [7, 11) is 0. The normalized spacial score (nSPS) is 15.1. The molecule has 3 rings (SSSR count). The van der Waals surface area contributed by atoms with Crippen molar-refractivity contribution in [1.29, 1.82) is 0 Å². The summed E-state index contributed by atoms with van der Waals surface area (Å²) >= 11 is 0. The molecule has 0 saturated carbocycles. The van der Waals surface area contributed by atoms with E-state index in [9.17, 15) is 4.79 Å². The van der Waals surface area contributed by atoms with Gasteiger partial charge in [-0.1, -0.05) is 18.2 Å². The predicted molar refractivity (Wildman–Crippen MR) is 118 cm³/mol. The molecule has 1 aliphatic rings. The Kier molecular flexibility index (Phi) is 8.11. The molecular weight excluding hydrogens is 380 g/mol. The lowest BCUT2D eigenvalue weighted by atomic mass is 10.1. The fourth-order valence-corrected chi connectivity index (χ4v) is 3.44. The quantitative estimate of drug-likeness (QED) is 0.539. The number of aliphatic imine (C=N–C) groups is 1. The van der Waals surface area contributed by atoms with E-state index in [4.69, 9.17) is 9.73 Å². The summed E-state index contributed by atoms with van der Waals surface area (Å²) in [5, 5.41) is 11.3. The molecular formula is C22H32N6O2. The number of hydrogen-bond donors (Lipinski definition) is 2. The highest BCUT2D eigenvalue weighted by Gasteiger charge is 2.24. The monoisotopic (exact) mass is 412 g/mol. The minimum absolute atomic E-state index is 0.215. The van der Waals surface area contributed by atoms with E-state index in [1.54, 1.807) is 4.90 Å². The van der Waals surface area contributed by atoms with E-state index in [0.29, 0.717) is 32.3 Å². The second kappa shape index (κ2) is 11.2. The molecule has 0 aliphatic carbocycles. The molecule has 2 heterocycles. The minimum Gasteiger partial charge on any atom is -0.450 e. The lowest BCUT2D eigenvalue weighted by Gasteiger charge is -2.32. The van der Waals surface area contributed by atoms with E-state index in [1.807, 2.05) is 48.1 Å². The first-order valence-electron chi connectivity index (χ1n) is 10.7. The number of para-hydroxylation sites is 1. The van der Waals surface area contributed by atoms with Crippen LogP contribution in [0.1, 0.15) is 32.3 Å². The maximum Gasteiger partial charge on any atom is 0.409 e. The van der Waals surface area contributed by atoms with Crippen molar-refractivity contribution in [3.05, 3.63) is 48.3 Å². The number of piperidine rings is 1. The number of rotatable bonds is 7. The Bertz CT molecular complexity index is 812. The summed E-state index contributed by atoms with van der Waals surface area (Å²) in [6.45, 7) is 7.20. The molecule has 1 aliphatic heterocycles. The predicted octanol–water partition coefficient (Wildman–Crippen LogP) is 2.59. The highest BCUT2D eigenvalue weighted by Crippen LogP contribution is 2.12. The van der Waals surface area contributed by atoms with Crippen molar-refractivity contribution in [2.45, 2.75) is 39.2 Å². The molecule has 2 N–H and O–H groups in total. The van der Waals surface area contributed by atoms with E-state index < -0.39 is 0 Å². The van der Waals surface area contributed by atoms with Crippen LogP contribution in [0, 0.1) is 0 Å². The third-order valence-corrected chi connectivity index (χ3v) is 5.03. The Morgan fingerprint density at radius 1 is 1.23 bits per heavy atom. The number of carbonyl (C=O) groups is 1. The van der Waals surface area contributed by atoms with E-state index in [2.05, 4.69) is 28.9 Å². The fraction of sp³-hybridized carbons (Fsp3) is 0.500. The molecule has 0 bridgehead atoms. The van der Waals surface area contributed by atoms with Crippen LogP contribution in [0.4, 0.5) is 4.79 Å². The average molecular weight is 413 g/mol. The number of ether oxygens (including phenoxy) is 1. The van der Waals surface area contributed by atoms with Crippen molar-refractivity contribution in [1.82, 2.24) is 25.3 Å². The van der Waals surface area contributed by atoms with Crippen LogP contribution in [0.2, 0.25) is 0 Å². The molecule has 1 aromatic heterocycles. The van der Waals surface area contributed by atoms with Gasteiger partial charge in [0.05, 0.1) is 18.5 Å². The maximum atomic E-state index is 11.8. The second-order valence-electron chi connectivity index (χ2n) is 7.24. The maximum absolute atomic E-state index is 11.8. The Hall–Kier alpha value is -3.03. The van der Waals surface area contributed by atoms with Crippen LogP contribution in [0.15, 0.2) is 47.7 Å². The molecule has 0 radical (unpaired) electrons. The van der Waals surface area contributed by atoms with Gasteiger partial charge in [0.2, 0.25) is 0 Å². The van der Waals surface area contributed by atoms with Gasteiger partial charge in [-0.05, 0) is 50.8 Å². The SMILES string of the molecule is CCNC(=NCCc1cnn(-c2ccccc2)c1)NC1CCN(C(=O)OCC)CC1. The van der Waals surface area contributed by atoms with Crippen LogP contribution in [0.5, 0.6) is 0 Å².